The molecule has 6 heteroatoms. The van der Waals surface area contributed by atoms with Crippen LogP contribution in [0.15, 0.2) is 66.7 Å². The molecule has 0 saturated carbocycles. The van der Waals surface area contributed by atoms with Gasteiger partial charge in [-0.2, -0.15) is 4.57 Å². The fraction of sp³-hybridized carbons (Fsp3) is 0.261. The number of halogens is 2. The molecule has 1 aliphatic rings. The molecular weight excluding hydrogens is 588 g/mol. The minimum atomic E-state index is 0. The van der Waals surface area contributed by atoms with Crippen molar-refractivity contribution in [2.45, 2.75) is 13.0 Å². The monoisotopic (exact) mass is 615 g/mol. The fourth-order valence-corrected chi connectivity index (χ4v) is 3.61. The minimum absolute atomic E-state index is 0. The number of nitrogens with one attached hydrogen (secondary N) is 1. The summed E-state index contributed by atoms with van der Waals surface area (Å²) in [5.74, 6) is 1.77. The van der Waals surface area contributed by atoms with Gasteiger partial charge in [0.1, 0.15) is 0 Å². The summed E-state index contributed by atoms with van der Waals surface area (Å²) in [6.45, 7) is 2.20. The first-order valence-electron chi connectivity index (χ1n) is 9.56. The van der Waals surface area contributed by atoms with E-state index in [1.807, 2.05) is 25.2 Å². The molecule has 4 rings (SSSR count). The molecule has 0 fully saturated rings. The summed E-state index contributed by atoms with van der Waals surface area (Å²) < 4.78 is 8.43. The number of para-hydroxylation sites is 3. The molecule has 29 heavy (non-hydrogen) atoms. The lowest BCUT2D eigenvalue weighted by Crippen LogP contribution is -3.05. The number of hydrogen-bond acceptors (Lipinski definition) is 2. The zero-order chi connectivity index (χ0) is 18.8. The molecule has 2 aromatic carbocycles. The van der Waals surface area contributed by atoms with E-state index in [1.54, 1.807) is 0 Å². The Morgan fingerprint density at radius 2 is 1.72 bits per heavy atom. The van der Waals surface area contributed by atoms with Crippen LogP contribution >= 0.6 is 0 Å². The van der Waals surface area contributed by atoms with Crippen LogP contribution in [0, 0.1) is 0 Å². The van der Waals surface area contributed by atoms with Gasteiger partial charge in [0.2, 0.25) is 11.4 Å². The smallest absolute Gasteiger partial charge is 0.213 e. The fourth-order valence-electron chi connectivity index (χ4n) is 3.61. The summed E-state index contributed by atoms with van der Waals surface area (Å²) in [5.41, 5.74) is 3.54. The molecule has 2 heterocycles. The van der Waals surface area contributed by atoms with Crippen LogP contribution < -0.4 is 67.1 Å². The van der Waals surface area contributed by atoms with Gasteiger partial charge in [-0.05, 0) is 23.8 Å². The van der Waals surface area contributed by atoms with Crippen LogP contribution in [0.4, 0.5) is 5.69 Å². The van der Waals surface area contributed by atoms with Crippen LogP contribution in [0.3, 0.4) is 0 Å². The number of quaternary nitrogens is 1. The van der Waals surface area contributed by atoms with Crippen LogP contribution in [0.5, 0.6) is 5.75 Å². The third-order valence-corrected chi connectivity index (χ3v) is 5.09. The Labute approximate surface area is 207 Å². The van der Waals surface area contributed by atoms with E-state index in [4.69, 9.17) is 4.74 Å². The maximum Gasteiger partial charge on any atom is 0.213 e. The van der Waals surface area contributed by atoms with Crippen LogP contribution in [0.2, 0.25) is 0 Å². The highest BCUT2D eigenvalue weighted by Gasteiger charge is 2.23. The predicted octanol–water partition coefficient (Wildman–Crippen LogP) is -3.50. The SMILES string of the molecule is CN1/C(=C/c2cc[n+](CCC[NH+](C)C)c3ccccc23)Oc2ccccc21.[I-].[I-]. The van der Waals surface area contributed by atoms with Crippen molar-refractivity contribution in [3.05, 3.63) is 72.2 Å². The van der Waals surface area contributed by atoms with Gasteiger partial charge in [0, 0.05) is 25.3 Å². The molecule has 154 valence electrons. The van der Waals surface area contributed by atoms with Crippen molar-refractivity contribution in [1.82, 2.24) is 0 Å². The van der Waals surface area contributed by atoms with Crippen LogP contribution in [0.1, 0.15) is 12.0 Å². The Morgan fingerprint density at radius 1 is 1.00 bits per heavy atom. The molecule has 0 saturated heterocycles. The number of benzene rings is 2. The summed E-state index contributed by atoms with van der Waals surface area (Å²) in [6, 6.07) is 18.9. The summed E-state index contributed by atoms with van der Waals surface area (Å²) in [7, 11) is 6.45. The van der Waals surface area contributed by atoms with E-state index in [2.05, 4.69) is 72.2 Å². The predicted molar refractivity (Wildman–Crippen MR) is 110 cm³/mol. The second-order valence-corrected chi connectivity index (χ2v) is 7.40. The lowest BCUT2D eigenvalue weighted by atomic mass is 10.1. The minimum Gasteiger partial charge on any atom is -1.00 e. The maximum atomic E-state index is 6.07. The number of fused-ring (bicyclic) bond motifs is 2. The zero-order valence-corrected chi connectivity index (χ0v) is 21.3. The van der Waals surface area contributed by atoms with Gasteiger partial charge in [-0.3, -0.25) is 0 Å². The number of nitrogens with zero attached hydrogens (tertiary/aromatic N) is 2. The molecule has 0 spiro atoms. The van der Waals surface area contributed by atoms with Gasteiger partial charge in [0.25, 0.3) is 0 Å². The summed E-state index contributed by atoms with van der Waals surface area (Å²) in [6.07, 6.45) is 5.50. The first-order valence-corrected chi connectivity index (χ1v) is 9.56. The molecule has 1 aliphatic heterocycles. The standard InChI is InChI=1S/C23H26N3O.2HI/c1-24(2)14-8-15-26-16-13-18(19-9-4-5-10-20(19)26)17-23-25(3)21-11-6-7-12-22(21)27-23;;/h4-7,9-13,16-17H,8,14-15H2,1-3H3;2*1H/q+1;;/p-1. The largest absolute Gasteiger partial charge is 1.00 e. The molecular formula is C23H27I2N3O. The van der Waals surface area contributed by atoms with Gasteiger partial charge in [-0.25, -0.2) is 0 Å². The molecule has 0 atom stereocenters. The number of pyridine rings is 1. The average molecular weight is 615 g/mol. The number of anilines is 1. The third-order valence-electron chi connectivity index (χ3n) is 5.09. The lowest BCUT2D eigenvalue weighted by Gasteiger charge is -2.11. The van der Waals surface area contributed by atoms with Gasteiger partial charge in [0.05, 0.1) is 38.1 Å². The highest BCUT2D eigenvalue weighted by Crippen LogP contribution is 2.38. The molecule has 4 nitrogen and oxygen atoms in total. The van der Waals surface area contributed by atoms with Gasteiger partial charge in [0.15, 0.2) is 18.5 Å². The van der Waals surface area contributed by atoms with E-state index in [1.165, 1.54) is 34.3 Å². The first-order chi connectivity index (χ1) is 13.1. The van der Waals surface area contributed by atoms with Gasteiger partial charge in [-0.15, -0.1) is 0 Å². The summed E-state index contributed by atoms with van der Waals surface area (Å²) >= 11 is 0. The third kappa shape index (κ3) is 5.21. The lowest BCUT2D eigenvalue weighted by molar-refractivity contribution is -0.861. The first kappa shape index (κ1) is 23.9. The summed E-state index contributed by atoms with van der Waals surface area (Å²) in [5, 5.41) is 1.25. The Kier molecular flexibility index (Phi) is 8.72. The van der Waals surface area contributed by atoms with Gasteiger partial charge < -0.3 is 62.5 Å². The Balaban J connectivity index is 0.00000150. The van der Waals surface area contributed by atoms with Crippen molar-refractivity contribution < 1.29 is 62.2 Å². The van der Waals surface area contributed by atoms with E-state index in [0.29, 0.717) is 0 Å². The van der Waals surface area contributed by atoms with Crippen LogP contribution in [-0.4, -0.2) is 27.7 Å². The maximum absolute atomic E-state index is 6.07. The Morgan fingerprint density at radius 3 is 2.48 bits per heavy atom. The quantitative estimate of drug-likeness (QED) is 0.238. The van der Waals surface area contributed by atoms with Gasteiger partial charge in [-0.1, -0.05) is 24.3 Å². The van der Waals surface area contributed by atoms with Crippen molar-refractivity contribution in [2.24, 2.45) is 0 Å². The average Bonchev–Trinajstić information content (AvgIpc) is 2.99. The van der Waals surface area contributed by atoms with Crippen molar-refractivity contribution >= 4 is 22.7 Å². The number of hydrogen-bond donors (Lipinski definition) is 1. The molecule has 1 N–H and O–H groups in total. The van der Waals surface area contributed by atoms with Crippen molar-refractivity contribution in [2.75, 3.05) is 32.6 Å². The van der Waals surface area contributed by atoms with E-state index in [-0.39, 0.29) is 48.0 Å². The highest BCUT2D eigenvalue weighted by atomic mass is 127. The Bertz CT molecular complexity index is 1000. The second-order valence-electron chi connectivity index (χ2n) is 7.40. The molecule has 0 unspecified atom stereocenters. The van der Waals surface area contributed by atoms with E-state index in [9.17, 15) is 0 Å². The zero-order valence-electron chi connectivity index (χ0n) is 17.0. The Hall–Kier alpha value is -1.39. The molecule has 3 aromatic rings. The normalized spacial score (nSPS) is 13.8. The molecule has 0 bridgehead atoms. The summed E-state index contributed by atoms with van der Waals surface area (Å²) in [4.78, 5) is 3.59. The number of aryl methyl sites for hydroxylation is 1. The molecule has 0 radical (unpaired) electrons. The van der Waals surface area contributed by atoms with E-state index < -0.39 is 0 Å². The topological polar surface area (TPSA) is 20.8 Å². The van der Waals surface area contributed by atoms with Crippen LogP contribution in [0.25, 0.3) is 17.0 Å². The number of rotatable bonds is 5. The molecule has 0 aliphatic carbocycles. The van der Waals surface area contributed by atoms with Crippen LogP contribution in [-0.2, 0) is 6.54 Å². The van der Waals surface area contributed by atoms with Crippen molar-refractivity contribution in [3.8, 4) is 5.75 Å². The van der Waals surface area contributed by atoms with E-state index >= 15 is 0 Å². The molecule has 1 aromatic heterocycles. The molecule has 0 amide bonds. The van der Waals surface area contributed by atoms with Gasteiger partial charge >= 0.3 is 0 Å². The van der Waals surface area contributed by atoms with Crippen molar-refractivity contribution in [1.29, 1.82) is 0 Å². The van der Waals surface area contributed by atoms with Crippen molar-refractivity contribution in [3.63, 3.8) is 0 Å². The highest BCUT2D eigenvalue weighted by molar-refractivity contribution is 5.86. The number of ether oxygens (including phenoxy) is 1. The van der Waals surface area contributed by atoms with E-state index in [0.717, 1.165) is 23.9 Å². The number of aromatic nitrogens is 1. The second kappa shape index (κ2) is 10.6.